The molecule has 0 fully saturated rings. The first kappa shape index (κ1) is 27.4. The minimum Gasteiger partial charge on any atom is -0.437 e. The fraction of sp³-hybridized carbons (Fsp3) is 0.235. The van der Waals surface area contributed by atoms with E-state index in [1.54, 1.807) is 0 Å². The van der Waals surface area contributed by atoms with Crippen LogP contribution in [0.25, 0.3) is 5.57 Å². The second-order valence-corrected chi connectivity index (χ2v) is 15.7. The zero-order valence-electron chi connectivity index (χ0n) is 23.4. The Bertz CT molecular complexity index is 1330. The maximum Gasteiger partial charge on any atom is 0.377 e. The summed E-state index contributed by atoms with van der Waals surface area (Å²) in [7, 11) is -3.40. The average Bonchev–Trinajstić information content (AvgIpc) is 3.35. The largest absolute Gasteiger partial charge is 0.437 e. The van der Waals surface area contributed by atoms with Gasteiger partial charge in [0, 0.05) is 6.04 Å². The zero-order valence-corrected chi connectivity index (χ0v) is 24.4. The lowest BCUT2D eigenvalue weighted by Gasteiger charge is -2.44. The van der Waals surface area contributed by atoms with Gasteiger partial charge in [-0.1, -0.05) is 148 Å². The van der Waals surface area contributed by atoms with Crippen LogP contribution in [0.3, 0.4) is 0 Å². The summed E-state index contributed by atoms with van der Waals surface area (Å²) in [6.07, 6.45) is 2.32. The van der Waals surface area contributed by atoms with Crippen LogP contribution < -0.4 is 10.4 Å². The van der Waals surface area contributed by atoms with Crippen molar-refractivity contribution in [1.29, 1.82) is 0 Å². The third-order valence-electron chi connectivity index (χ3n) is 7.93. The third-order valence-corrected chi connectivity index (χ3v) is 12.9. The normalized spacial score (nSPS) is 18.1. The van der Waals surface area contributed by atoms with Crippen LogP contribution in [0.2, 0.25) is 11.9 Å². The first-order chi connectivity index (χ1) is 18.8. The van der Waals surface area contributed by atoms with Gasteiger partial charge in [0.1, 0.15) is 0 Å². The Morgan fingerprint density at radius 1 is 0.744 bits per heavy atom. The summed E-state index contributed by atoms with van der Waals surface area (Å²) >= 11 is 0. The Balaban J connectivity index is 1.62. The molecule has 1 aliphatic rings. The molecule has 0 saturated heterocycles. The summed E-state index contributed by atoms with van der Waals surface area (Å²) in [5, 5.41) is 13.6. The van der Waals surface area contributed by atoms with Crippen molar-refractivity contribution in [3.8, 4) is 0 Å². The highest BCUT2D eigenvalue weighted by molar-refractivity contribution is 6.99. The first-order valence-electron chi connectivity index (χ1n) is 13.9. The molecule has 1 heterocycles. The Morgan fingerprint density at radius 3 is 1.67 bits per heavy atom. The van der Waals surface area contributed by atoms with Crippen LogP contribution in [0, 0.1) is 0 Å². The van der Waals surface area contributed by atoms with Gasteiger partial charge in [-0.2, -0.15) is 0 Å². The monoisotopic (exact) mass is 531 g/mol. The van der Waals surface area contributed by atoms with E-state index in [1.165, 1.54) is 21.5 Å². The molecule has 5 heteroatoms. The van der Waals surface area contributed by atoms with E-state index in [9.17, 15) is 5.02 Å². The van der Waals surface area contributed by atoms with Crippen molar-refractivity contribution in [2.24, 2.45) is 0 Å². The molecule has 0 amide bonds. The molecule has 0 spiro atoms. The molecular formula is C34H38BNO2Si. The molecule has 0 bridgehead atoms. The standard InChI is InChI=1S/C34H38BNO2Si/c1-34(2,3)39(29-21-13-7-14-22-29,30-23-15-8-16-24-30)38-26-33-31(27-17-9-5-10-18-27)25-32(36(33)35(4)37)28-19-11-6-12-20-28/h5-25,32-33,37H,26H2,1-4H3. The van der Waals surface area contributed by atoms with E-state index < -0.39 is 15.4 Å². The van der Waals surface area contributed by atoms with Gasteiger partial charge < -0.3 is 9.45 Å². The summed E-state index contributed by atoms with van der Waals surface area (Å²) < 4.78 is 7.41. The summed E-state index contributed by atoms with van der Waals surface area (Å²) in [5.41, 5.74) is 3.53. The quantitative estimate of drug-likeness (QED) is 0.276. The van der Waals surface area contributed by atoms with E-state index in [4.69, 9.17) is 4.43 Å². The lowest BCUT2D eigenvalue weighted by atomic mass is 9.81. The van der Waals surface area contributed by atoms with Crippen LogP contribution >= 0.6 is 0 Å². The highest BCUT2D eigenvalue weighted by atomic mass is 28.4. The maximum absolute atomic E-state index is 11.2. The van der Waals surface area contributed by atoms with Crippen molar-refractivity contribution in [2.45, 2.75) is 44.7 Å². The minimum absolute atomic E-state index is 0.0471. The van der Waals surface area contributed by atoms with E-state index in [0.29, 0.717) is 6.61 Å². The van der Waals surface area contributed by atoms with Gasteiger partial charge in [-0.15, -0.1) is 0 Å². The van der Waals surface area contributed by atoms with Gasteiger partial charge >= 0.3 is 7.05 Å². The predicted octanol–water partition coefficient (Wildman–Crippen LogP) is 6.18. The topological polar surface area (TPSA) is 32.7 Å². The molecule has 4 aromatic carbocycles. The maximum atomic E-state index is 11.2. The fourth-order valence-electron chi connectivity index (χ4n) is 6.19. The molecule has 0 aromatic heterocycles. The Morgan fingerprint density at radius 2 is 1.21 bits per heavy atom. The van der Waals surface area contributed by atoms with E-state index in [0.717, 1.165) is 5.56 Å². The molecular weight excluding hydrogens is 493 g/mol. The SMILES string of the molecule is CB(O)N1C(CO[Si](c2ccccc2)(c2ccccc2)C(C)(C)C)C(c2ccccc2)=CC1c1ccccc1. The first-order valence-corrected chi connectivity index (χ1v) is 15.8. The van der Waals surface area contributed by atoms with Crippen LogP contribution in [-0.4, -0.2) is 37.9 Å². The second-order valence-electron chi connectivity index (χ2n) is 11.4. The summed E-state index contributed by atoms with van der Waals surface area (Å²) in [6, 6.07) is 42.4. The molecule has 1 N–H and O–H groups in total. The van der Waals surface area contributed by atoms with Crippen molar-refractivity contribution in [2.75, 3.05) is 6.61 Å². The predicted molar refractivity (Wildman–Crippen MR) is 167 cm³/mol. The molecule has 5 rings (SSSR count). The lowest BCUT2D eigenvalue weighted by molar-refractivity contribution is 0.207. The van der Waals surface area contributed by atoms with Gasteiger partial charge in [0.25, 0.3) is 8.32 Å². The Hall–Kier alpha value is -3.22. The van der Waals surface area contributed by atoms with Crippen LogP contribution in [0.15, 0.2) is 127 Å². The minimum atomic E-state index is -2.75. The molecule has 2 unspecified atom stereocenters. The molecule has 4 aromatic rings. The molecule has 198 valence electrons. The zero-order chi connectivity index (χ0) is 27.5. The number of benzene rings is 4. The summed E-state index contributed by atoms with van der Waals surface area (Å²) in [5.74, 6) is 0. The van der Waals surface area contributed by atoms with Gasteiger partial charge in [-0.25, -0.2) is 0 Å². The van der Waals surface area contributed by atoms with Crippen LogP contribution in [0.5, 0.6) is 0 Å². The smallest absolute Gasteiger partial charge is 0.377 e. The van der Waals surface area contributed by atoms with Crippen LogP contribution in [-0.2, 0) is 4.43 Å². The van der Waals surface area contributed by atoms with Gasteiger partial charge in [0.2, 0.25) is 0 Å². The molecule has 39 heavy (non-hydrogen) atoms. The van der Waals surface area contributed by atoms with Gasteiger partial charge in [-0.3, -0.25) is 4.81 Å². The molecule has 0 aliphatic carbocycles. The molecule has 1 aliphatic heterocycles. The molecule has 3 nitrogen and oxygen atoms in total. The fourth-order valence-corrected chi connectivity index (χ4v) is 10.8. The van der Waals surface area contributed by atoms with Crippen molar-refractivity contribution < 1.29 is 9.45 Å². The second kappa shape index (κ2) is 11.5. The Labute approximate surface area is 235 Å². The van der Waals surface area contributed by atoms with Crippen LogP contribution in [0.1, 0.15) is 37.9 Å². The van der Waals surface area contributed by atoms with Crippen molar-refractivity contribution in [1.82, 2.24) is 4.81 Å². The number of hydrogen-bond acceptors (Lipinski definition) is 3. The van der Waals surface area contributed by atoms with E-state index in [2.05, 4.69) is 141 Å². The van der Waals surface area contributed by atoms with Gasteiger partial charge in [-0.05, 0) is 38.9 Å². The van der Waals surface area contributed by atoms with Crippen molar-refractivity contribution in [3.05, 3.63) is 139 Å². The Kier molecular flexibility index (Phi) is 8.06. The lowest BCUT2D eigenvalue weighted by Crippen LogP contribution is -2.67. The van der Waals surface area contributed by atoms with Crippen molar-refractivity contribution >= 4 is 31.3 Å². The average molecular weight is 532 g/mol. The van der Waals surface area contributed by atoms with E-state index in [-0.39, 0.29) is 17.1 Å². The van der Waals surface area contributed by atoms with Gasteiger partial charge in [0.15, 0.2) is 0 Å². The van der Waals surface area contributed by atoms with Crippen LogP contribution in [0.4, 0.5) is 0 Å². The molecule has 2 atom stereocenters. The number of nitrogens with zero attached hydrogens (tertiary/aromatic N) is 1. The highest BCUT2D eigenvalue weighted by Gasteiger charge is 2.51. The van der Waals surface area contributed by atoms with E-state index in [1.807, 2.05) is 19.0 Å². The third kappa shape index (κ3) is 5.32. The summed E-state index contributed by atoms with van der Waals surface area (Å²) in [4.78, 5) is 2.20. The summed E-state index contributed by atoms with van der Waals surface area (Å²) in [6.45, 7) is 9.26. The molecule has 0 radical (unpaired) electrons. The van der Waals surface area contributed by atoms with E-state index >= 15 is 0 Å². The van der Waals surface area contributed by atoms with Gasteiger partial charge in [0.05, 0.1) is 12.6 Å². The number of hydrogen-bond donors (Lipinski definition) is 1. The number of rotatable bonds is 8. The highest BCUT2D eigenvalue weighted by Crippen LogP contribution is 2.42. The molecule has 0 saturated carbocycles. The van der Waals surface area contributed by atoms with Crippen molar-refractivity contribution in [3.63, 3.8) is 0 Å².